The Morgan fingerprint density at radius 3 is 2.58 bits per heavy atom. The monoisotopic (exact) mass is 351 g/mol. The maximum Gasteiger partial charge on any atom is 0.328 e. The molecule has 128 valence electrons. The molecule has 0 heterocycles. The summed E-state index contributed by atoms with van der Waals surface area (Å²) >= 11 is 6.09. The van der Waals surface area contributed by atoms with Crippen molar-refractivity contribution in [3.63, 3.8) is 0 Å². The first-order valence-corrected chi connectivity index (χ1v) is 7.74. The highest BCUT2D eigenvalue weighted by Gasteiger charge is 2.37. The predicted molar refractivity (Wildman–Crippen MR) is 88.8 cm³/mol. The van der Waals surface area contributed by atoms with Crippen molar-refractivity contribution in [1.29, 1.82) is 0 Å². The number of esters is 1. The molecule has 7 heteroatoms. The minimum atomic E-state index is -0.951. The Bertz CT molecular complexity index is 768. The van der Waals surface area contributed by atoms with E-state index in [0.29, 0.717) is 21.7 Å². The van der Waals surface area contributed by atoms with Gasteiger partial charge in [-0.25, -0.2) is 4.79 Å². The van der Waals surface area contributed by atoms with E-state index in [9.17, 15) is 19.5 Å². The van der Waals surface area contributed by atoms with E-state index >= 15 is 0 Å². The number of methoxy groups -OCH3 is 1. The lowest BCUT2D eigenvalue weighted by atomic mass is 9.80. The third kappa shape index (κ3) is 2.89. The van der Waals surface area contributed by atoms with E-state index in [-0.39, 0.29) is 5.57 Å². The predicted octanol–water partition coefficient (Wildman–Crippen LogP) is 2.28. The van der Waals surface area contributed by atoms with Gasteiger partial charge in [-0.2, -0.15) is 0 Å². The van der Waals surface area contributed by atoms with Crippen molar-refractivity contribution in [2.45, 2.75) is 32.7 Å². The van der Waals surface area contributed by atoms with Gasteiger partial charge in [-0.15, -0.1) is 0 Å². The van der Waals surface area contributed by atoms with Crippen molar-refractivity contribution in [3.8, 4) is 0 Å². The van der Waals surface area contributed by atoms with Gasteiger partial charge in [0.1, 0.15) is 17.4 Å². The van der Waals surface area contributed by atoms with Crippen LogP contribution in [0.4, 0.5) is 0 Å². The zero-order valence-corrected chi connectivity index (χ0v) is 14.5. The molecule has 0 radical (unpaired) electrons. The topological polar surface area (TPSA) is 92.7 Å². The number of hydrogen-bond acceptors (Lipinski definition) is 5. The normalized spacial score (nSPS) is 18.0. The van der Waals surface area contributed by atoms with E-state index in [0.717, 1.165) is 0 Å². The number of fused-ring (bicyclic) bond motifs is 1. The summed E-state index contributed by atoms with van der Waals surface area (Å²) in [6.07, 6.45) is 0. The molecule has 0 saturated heterocycles. The molecule has 1 amide bonds. The lowest BCUT2D eigenvalue weighted by molar-refractivity contribution is -0.144. The summed E-state index contributed by atoms with van der Waals surface area (Å²) in [7, 11) is 1.19. The fourth-order valence-corrected chi connectivity index (χ4v) is 2.86. The van der Waals surface area contributed by atoms with Crippen LogP contribution in [-0.2, 0) is 19.1 Å². The number of ether oxygens (including phenoxy) is 1. The zero-order valence-electron chi connectivity index (χ0n) is 13.8. The van der Waals surface area contributed by atoms with Crippen LogP contribution in [0.2, 0.25) is 5.02 Å². The average Bonchev–Trinajstić information content (AvgIpc) is 2.54. The van der Waals surface area contributed by atoms with Crippen molar-refractivity contribution in [2.24, 2.45) is 0 Å². The first-order valence-electron chi connectivity index (χ1n) is 7.36. The minimum absolute atomic E-state index is 0.379. The van der Waals surface area contributed by atoms with Crippen LogP contribution in [0, 0.1) is 6.92 Å². The number of halogens is 1. The SMILES string of the molecule is COC(=O)[C@@H](C)NC(=O)C1=C(O)c2c(ccc(Cl)c2C)C(C)C1=O. The molecule has 0 bridgehead atoms. The summed E-state index contributed by atoms with van der Waals surface area (Å²) < 4.78 is 4.53. The molecular weight excluding hydrogens is 334 g/mol. The van der Waals surface area contributed by atoms with Crippen molar-refractivity contribution in [3.05, 3.63) is 39.4 Å². The zero-order chi connectivity index (χ0) is 18.2. The highest BCUT2D eigenvalue weighted by atomic mass is 35.5. The van der Waals surface area contributed by atoms with Gasteiger partial charge in [-0.3, -0.25) is 9.59 Å². The van der Waals surface area contributed by atoms with Crippen LogP contribution in [0.25, 0.3) is 5.76 Å². The van der Waals surface area contributed by atoms with Crippen LogP contribution < -0.4 is 5.32 Å². The van der Waals surface area contributed by atoms with Gasteiger partial charge >= 0.3 is 5.97 Å². The minimum Gasteiger partial charge on any atom is -0.506 e. The molecular formula is C17H18ClNO5. The molecule has 1 aromatic carbocycles. The van der Waals surface area contributed by atoms with Crippen molar-refractivity contribution >= 4 is 35.0 Å². The molecule has 1 unspecified atom stereocenters. The van der Waals surface area contributed by atoms with Crippen LogP contribution in [0.3, 0.4) is 0 Å². The number of nitrogens with one attached hydrogen (secondary N) is 1. The second kappa shape index (κ2) is 6.65. The van der Waals surface area contributed by atoms with Crippen LogP contribution in [0.15, 0.2) is 17.7 Å². The molecule has 0 spiro atoms. The lowest BCUT2D eigenvalue weighted by Crippen LogP contribution is -2.42. The summed E-state index contributed by atoms with van der Waals surface area (Å²) in [5.74, 6) is -3.04. The van der Waals surface area contributed by atoms with E-state index in [1.54, 1.807) is 26.0 Å². The number of rotatable bonds is 3. The molecule has 0 saturated carbocycles. The molecule has 0 aliphatic heterocycles. The van der Waals surface area contributed by atoms with Gasteiger partial charge in [0.25, 0.3) is 5.91 Å². The molecule has 0 aromatic heterocycles. The van der Waals surface area contributed by atoms with Crippen molar-refractivity contribution < 1.29 is 24.2 Å². The quantitative estimate of drug-likeness (QED) is 0.643. The summed E-state index contributed by atoms with van der Waals surface area (Å²) in [5.41, 5.74) is 1.19. The molecule has 1 aliphatic carbocycles. The number of benzene rings is 1. The number of hydrogen-bond donors (Lipinski definition) is 2. The van der Waals surface area contributed by atoms with Gasteiger partial charge in [0, 0.05) is 16.5 Å². The number of aliphatic hydroxyl groups excluding tert-OH is 1. The summed E-state index contributed by atoms with van der Waals surface area (Å²) in [4.78, 5) is 36.4. The standard InChI is InChI=1S/C17H18ClNO5/c1-7-10-5-6-11(18)8(2)12(10)15(21)13(14(7)20)16(22)19-9(3)17(23)24-4/h5-7,9,21H,1-4H3,(H,19,22)/t7?,9-/m1/s1. The summed E-state index contributed by atoms with van der Waals surface area (Å²) in [5, 5.41) is 13.3. The molecule has 6 nitrogen and oxygen atoms in total. The van der Waals surface area contributed by atoms with E-state index in [1.807, 2.05) is 0 Å². The molecule has 2 rings (SSSR count). The van der Waals surface area contributed by atoms with E-state index in [2.05, 4.69) is 10.1 Å². The maximum absolute atomic E-state index is 12.5. The van der Waals surface area contributed by atoms with Crippen LogP contribution >= 0.6 is 11.6 Å². The summed E-state index contributed by atoms with van der Waals surface area (Å²) in [6, 6.07) is 2.36. The Balaban J connectivity index is 2.52. The molecule has 1 aromatic rings. The summed E-state index contributed by atoms with van der Waals surface area (Å²) in [6.45, 7) is 4.78. The van der Waals surface area contributed by atoms with Gasteiger partial charge in [0.05, 0.1) is 7.11 Å². The highest BCUT2D eigenvalue weighted by molar-refractivity contribution is 6.32. The number of amides is 1. The third-order valence-corrected chi connectivity index (χ3v) is 4.55. The second-order valence-corrected chi connectivity index (χ2v) is 6.07. The number of Topliss-reactive ketones (excluding diaryl/α,β-unsaturated/α-hetero) is 1. The van der Waals surface area contributed by atoms with Crippen LogP contribution in [-0.4, -0.2) is 35.9 Å². The molecule has 2 atom stereocenters. The first-order chi connectivity index (χ1) is 11.2. The maximum atomic E-state index is 12.5. The van der Waals surface area contributed by atoms with Gasteiger partial charge in [-0.1, -0.05) is 24.6 Å². The van der Waals surface area contributed by atoms with Crippen LogP contribution in [0.1, 0.15) is 36.5 Å². The van der Waals surface area contributed by atoms with E-state index in [1.165, 1.54) is 14.0 Å². The molecule has 1 aliphatic rings. The molecule has 0 fully saturated rings. The lowest BCUT2D eigenvalue weighted by Gasteiger charge is -2.25. The van der Waals surface area contributed by atoms with Gasteiger partial charge in [-0.05, 0) is 31.0 Å². The molecule has 24 heavy (non-hydrogen) atoms. The van der Waals surface area contributed by atoms with E-state index < -0.39 is 35.4 Å². The van der Waals surface area contributed by atoms with Crippen molar-refractivity contribution in [2.75, 3.05) is 7.11 Å². The highest BCUT2D eigenvalue weighted by Crippen LogP contribution is 2.39. The molecule has 2 N–H and O–H groups in total. The van der Waals surface area contributed by atoms with Crippen LogP contribution in [0.5, 0.6) is 0 Å². The van der Waals surface area contributed by atoms with Gasteiger partial charge in [0.2, 0.25) is 0 Å². The number of carbonyl (C=O) groups excluding carboxylic acids is 3. The largest absolute Gasteiger partial charge is 0.506 e. The second-order valence-electron chi connectivity index (χ2n) is 5.66. The fraction of sp³-hybridized carbons (Fsp3) is 0.353. The third-order valence-electron chi connectivity index (χ3n) is 4.14. The van der Waals surface area contributed by atoms with Gasteiger partial charge < -0.3 is 15.2 Å². The Kier molecular flexibility index (Phi) is 4.99. The van der Waals surface area contributed by atoms with Gasteiger partial charge in [0.15, 0.2) is 5.78 Å². The van der Waals surface area contributed by atoms with Crippen molar-refractivity contribution in [1.82, 2.24) is 5.32 Å². The number of carbonyl (C=O) groups is 3. The smallest absolute Gasteiger partial charge is 0.328 e. The Labute approximate surface area is 144 Å². The fourth-order valence-electron chi connectivity index (χ4n) is 2.71. The first kappa shape index (κ1) is 18.0. The Morgan fingerprint density at radius 2 is 2.00 bits per heavy atom. The Hall–Kier alpha value is -2.34. The Morgan fingerprint density at radius 1 is 1.38 bits per heavy atom. The number of ketones is 1. The van der Waals surface area contributed by atoms with E-state index in [4.69, 9.17) is 11.6 Å². The average molecular weight is 352 g/mol. The number of aliphatic hydroxyl groups is 1.